The van der Waals surface area contributed by atoms with Crippen LogP contribution in [0.1, 0.15) is 21.5 Å². The first-order valence-corrected chi connectivity index (χ1v) is 8.38. The molecule has 0 bridgehead atoms. The molecule has 1 aliphatic rings. The van der Waals surface area contributed by atoms with Crippen molar-refractivity contribution in [2.24, 2.45) is 0 Å². The standard InChI is InChI=1S/C20H17N3O5/c1-12-2-8-15(9-3-12)21-17(24)11-23-18(25)16(22-20(23)28)10-13-4-6-14(7-5-13)19(26)27/h2-10H,11H2,1H3,(H,21,24)(H,22,28)(H,26,27)/b16-10+. The maximum absolute atomic E-state index is 12.4. The zero-order chi connectivity index (χ0) is 20.3. The maximum atomic E-state index is 12.4. The minimum absolute atomic E-state index is 0.0104. The Kier molecular flexibility index (Phi) is 5.21. The summed E-state index contributed by atoms with van der Waals surface area (Å²) in [5.41, 5.74) is 2.27. The van der Waals surface area contributed by atoms with E-state index in [1.54, 1.807) is 12.1 Å². The van der Waals surface area contributed by atoms with E-state index >= 15 is 0 Å². The molecule has 0 aliphatic carbocycles. The molecule has 142 valence electrons. The second-order valence-electron chi connectivity index (χ2n) is 6.22. The molecule has 1 heterocycles. The van der Waals surface area contributed by atoms with Crippen molar-refractivity contribution in [2.75, 3.05) is 11.9 Å². The number of anilines is 1. The van der Waals surface area contributed by atoms with Crippen molar-refractivity contribution in [1.29, 1.82) is 0 Å². The van der Waals surface area contributed by atoms with E-state index in [1.807, 2.05) is 19.1 Å². The van der Waals surface area contributed by atoms with E-state index in [0.29, 0.717) is 11.3 Å². The molecular weight excluding hydrogens is 362 g/mol. The molecule has 1 saturated heterocycles. The lowest BCUT2D eigenvalue weighted by Crippen LogP contribution is -2.38. The number of urea groups is 1. The number of amides is 4. The second-order valence-corrected chi connectivity index (χ2v) is 6.22. The number of carboxylic acid groups (broad SMARTS) is 1. The summed E-state index contributed by atoms with van der Waals surface area (Å²) in [6, 6.07) is 12.2. The largest absolute Gasteiger partial charge is 0.478 e. The predicted octanol–water partition coefficient (Wildman–Crippen LogP) is 2.22. The molecule has 2 aromatic carbocycles. The van der Waals surface area contributed by atoms with Gasteiger partial charge in [0.1, 0.15) is 12.2 Å². The average Bonchev–Trinajstić information content (AvgIpc) is 2.91. The fourth-order valence-electron chi connectivity index (χ4n) is 2.58. The van der Waals surface area contributed by atoms with Gasteiger partial charge in [0.05, 0.1) is 5.56 Å². The number of rotatable bonds is 5. The lowest BCUT2D eigenvalue weighted by Gasteiger charge is -2.12. The summed E-state index contributed by atoms with van der Waals surface area (Å²) in [7, 11) is 0. The number of carbonyl (C=O) groups excluding carboxylic acids is 3. The SMILES string of the molecule is Cc1ccc(NC(=O)CN2C(=O)N/C(=C/c3ccc(C(=O)O)cc3)C2=O)cc1. The van der Waals surface area contributed by atoms with Crippen LogP contribution in [0.25, 0.3) is 6.08 Å². The van der Waals surface area contributed by atoms with Gasteiger partial charge in [-0.3, -0.25) is 9.59 Å². The third-order valence-corrected chi connectivity index (χ3v) is 4.07. The quantitative estimate of drug-likeness (QED) is 0.544. The fourth-order valence-corrected chi connectivity index (χ4v) is 2.58. The van der Waals surface area contributed by atoms with E-state index in [-0.39, 0.29) is 11.3 Å². The van der Waals surface area contributed by atoms with Crippen molar-refractivity contribution in [2.45, 2.75) is 6.92 Å². The Morgan fingerprint density at radius 1 is 1.07 bits per heavy atom. The van der Waals surface area contributed by atoms with Crippen LogP contribution in [-0.4, -0.2) is 40.4 Å². The van der Waals surface area contributed by atoms with Crippen LogP contribution in [0, 0.1) is 6.92 Å². The van der Waals surface area contributed by atoms with Crippen LogP contribution < -0.4 is 10.6 Å². The molecule has 1 fully saturated rings. The van der Waals surface area contributed by atoms with Crippen molar-refractivity contribution in [3.63, 3.8) is 0 Å². The molecule has 1 aliphatic heterocycles. The molecule has 8 nitrogen and oxygen atoms in total. The number of hydrogen-bond acceptors (Lipinski definition) is 4. The second kappa shape index (κ2) is 7.75. The highest BCUT2D eigenvalue weighted by atomic mass is 16.4. The zero-order valence-electron chi connectivity index (χ0n) is 14.9. The molecular formula is C20H17N3O5. The molecule has 4 amide bonds. The summed E-state index contributed by atoms with van der Waals surface area (Å²) in [6.07, 6.45) is 1.42. The molecule has 0 spiro atoms. The zero-order valence-corrected chi connectivity index (χ0v) is 14.9. The average molecular weight is 379 g/mol. The molecule has 0 unspecified atom stereocenters. The lowest BCUT2D eigenvalue weighted by atomic mass is 10.1. The smallest absolute Gasteiger partial charge is 0.335 e. The van der Waals surface area contributed by atoms with E-state index in [4.69, 9.17) is 5.11 Å². The van der Waals surface area contributed by atoms with Crippen LogP contribution in [-0.2, 0) is 9.59 Å². The number of benzene rings is 2. The summed E-state index contributed by atoms with van der Waals surface area (Å²) in [5, 5.41) is 14.0. The number of carbonyl (C=O) groups is 4. The number of carboxylic acids is 1. The number of nitrogens with one attached hydrogen (secondary N) is 2. The van der Waals surface area contributed by atoms with Gasteiger partial charge < -0.3 is 15.7 Å². The Bertz CT molecular complexity index is 978. The summed E-state index contributed by atoms with van der Waals surface area (Å²) in [4.78, 5) is 48.3. The molecule has 2 aromatic rings. The highest BCUT2D eigenvalue weighted by molar-refractivity contribution is 6.15. The fraction of sp³-hybridized carbons (Fsp3) is 0.100. The summed E-state index contributed by atoms with van der Waals surface area (Å²) < 4.78 is 0. The first kappa shape index (κ1) is 18.8. The molecule has 3 N–H and O–H groups in total. The predicted molar refractivity (Wildman–Crippen MR) is 101 cm³/mol. The van der Waals surface area contributed by atoms with Crippen LogP contribution in [0.15, 0.2) is 54.2 Å². The van der Waals surface area contributed by atoms with E-state index < -0.39 is 30.4 Å². The van der Waals surface area contributed by atoms with Crippen molar-refractivity contribution in [3.8, 4) is 0 Å². The van der Waals surface area contributed by atoms with Crippen LogP contribution in [0.5, 0.6) is 0 Å². The maximum Gasteiger partial charge on any atom is 0.335 e. The Morgan fingerprint density at radius 2 is 1.71 bits per heavy atom. The Labute approximate surface area is 160 Å². The number of aryl methyl sites for hydroxylation is 1. The molecule has 0 atom stereocenters. The number of nitrogens with zero attached hydrogens (tertiary/aromatic N) is 1. The van der Waals surface area contributed by atoms with Gasteiger partial charge in [0, 0.05) is 5.69 Å². The van der Waals surface area contributed by atoms with E-state index in [0.717, 1.165) is 10.5 Å². The van der Waals surface area contributed by atoms with Crippen LogP contribution in [0.3, 0.4) is 0 Å². The van der Waals surface area contributed by atoms with Gasteiger partial charge in [-0.1, -0.05) is 29.8 Å². The van der Waals surface area contributed by atoms with Gasteiger partial charge in [0.15, 0.2) is 0 Å². The monoisotopic (exact) mass is 379 g/mol. The Balaban J connectivity index is 1.68. The van der Waals surface area contributed by atoms with E-state index in [1.165, 1.54) is 30.3 Å². The molecule has 0 aromatic heterocycles. The number of aromatic carboxylic acids is 1. The van der Waals surface area contributed by atoms with Crippen LogP contribution in [0.4, 0.5) is 10.5 Å². The van der Waals surface area contributed by atoms with Crippen LogP contribution >= 0.6 is 0 Å². The van der Waals surface area contributed by atoms with Gasteiger partial charge >= 0.3 is 12.0 Å². The first-order valence-electron chi connectivity index (χ1n) is 8.38. The highest BCUT2D eigenvalue weighted by Crippen LogP contribution is 2.15. The van der Waals surface area contributed by atoms with Gasteiger partial charge in [0.25, 0.3) is 5.91 Å². The van der Waals surface area contributed by atoms with Gasteiger partial charge in [-0.15, -0.1) is 0 Å². The number of imide groups is 1. The summed E-state index contributed by atoms with van der Waals surface area (Å²) in [5.74, 6) is -2.19. The molecule has 8 heteroatoms. The molecule has 3 rings (SSSR count). The normalized spacial score (nSPS) is 14.9. The van der Waals surface area contributed by atoms with Gasteiger partial charge in [0.2, 0.25) is 5.91 Å². The van der Waals surface area contributed by atoms with Crippen molar-refractivity contribution in [1.82, 2.24) is 10.2 Å². The lowest BCUT2D eigenvalue weighted by molar-refractivity contribution is -0.127. The van der Waals surface area contributed by atoms with E-state index in [9.17, 15) is 19.2 Å². The minimum Gasteiger partial charge on any atom is -0.478 e. The Hall–Kier alpha value is -3.94. The summed E-state index contributed by atoms with van der Waals surface area (Å²) in [6.45, 7) is 1.50. The minimum atomic E-state index is -1.06. The Morgan fingerprint density at radius 3 is 2.32 bits per heavy atom. The van der Waals surface area contributed by atoms with Crippen molar-refractivity contribution in [3.05, 3.63) is 70.9 Å². The molecule has 0 saturated carbocycles. The molecule has 0 radical (unpaired) electrons. The third kappa shape index (κ3) is 4.24. The topological polar surface area (TPSA) is 116 Å². The van der Waals surface area contributed by atoms with E-state index in [2.05, 4.69) is 10.6 Å². The van der Waals surface area contributed by atoms with Crippen molar-refractivity contribution >= 4 is 35.6 Å². The highest BCUT2D eigenvalue weighted by Gasteiger charge is 2.34. The first-order chi connectivity index (χ1) is 13.3. The number of hydrogen-bond donors (Lipinski definition) is 3. The third-order valence-electron chi connectivity index (χ3n) is 4.07. The van der Waals surface area contributed by atoms with Gasteiger partial charge in [-0.2, -0.15) is 0 Å². The summed E-state index contributed by atoms with van der Waals surface area (Å²) >= 11 is 0. The van der Waals surface area contributed by atoms with Crippen LogP contribution in [0.2, 0.25) is 0 Å². The van der Waals surface area contributed by atoms with Gasteiger partial charge in [-0.05, 0) is 42.8 Å². The molecule has 28 heavy (non-hydrogen) atoms. The van der Waals surface area contributed by atoms with Crippen molar-refractivity contribution < 1.29 is 24.3 Å². The van der Waals surface area contributed by atoms with Gasteiger partial charge in [-0.25, -0.2) is 14.5 Å².